The molecule has 1 aromatic carbocycles. The van der Waals surface area contributed by atoms with Crippen molar-refractivity contribution in [2.75, 3.05) is 18.9 Å². The predicted molar refractivity (Wildman–Crippen MR) is 63.7 cm³/mol. The summed E-state index contributed by atoms with van der Waals surface area (Å²) < 4.78 is 0. The van der Waals surface area contributed by atoms with Crippen molar-refractivity contribution in [2.45, 2.75) is 18.6 Å². The second-order valence-corrected chi connectivity index (χ2v) is 4.21. The highest BCUT2D eigenvalue weighted by atomic mass is 16.3. The zero-order valence-corrected chi connectivity index (χ0v) is 9.60. The molecule has 5 nitrogen and oxygen atoms in total. The molecule has 0 aliphatic carbocycles. The van der Waals surface area contributed by atoms with Crippen LogP contribution in [0.3, 0.4) is 0 Å². The average molecular weight is 236 g/mol. The first-order valence-electron chi connectivity index (χ1n) is 5.55. The summed E-state index contributed by atoms with van der Waals surface area (Å²) in [5.74, 6) is -0.0394. The van der Waals surface area contributed by atoms with Crippen LogP contribution in [0.5, 0.6) is 0 Å². The maximum atomic E-state index is 11.2. The van der Waals surface area contributed by atoms with Crippen molar-refractivity contribution in [3.63, 3.8) is 0 Å². The van der Waals surface area contributed by atoms with Crippen LogP contribution in [0.2, 0.25) is 0 Å². The number of fused-ring (bicyclic) bond motifs is 1. The van der Waals surface area contributed by atoms with Gasteiger partial charge in [0.1, 0.15) is 6.10 Å². The summed E-state index contributed by atoms with van der Waals surface area (Å²) in [6.45, 7) is 0.310. The van der Waals surface area contributed by atoms with Gasteiger partial charge in [0, 0.05) is 12.2 Å². The lowest BCUT2D eigenvalue weighted by molar-refractivity contribution is -0.115. The van der Waals surface area contributed by atoms with Crippen molar-refractivity contribution in [1.82, 2.24) is 5.32 Å². The molecule has 4 N–H and O–H groups in total. The van der Waals surface area contributed by atoms with Gasteiger partial charge in [-0.3, -0.25) is 4.79 Å². The normalized spacial score (nSPS) is 17.5. The Morgan fingerprint density at radius 1 is 1.47 bits per heavy atom. The van der Waals surface area contributed by atoms with Crippen LogP contribution in [0.4, 0.5) is 5.69 Å². The lowest BCUT2D eigenvalue weighted by Gasteiger charge is -2.18. The van der Waals surface area contributed by atoms with Gasteiger partial charge in [-0.2, -0.15) is 0 Å². The molecule has 2 unspecified atom stereocenters. The Bertz CT molecular complexity index is 434. The number of carbonyl (C=O) groups excluding carboxylic acids is 1. The molecule has 2 atom stereocenters. The molecule has 2 rings (SSSR count). The standard InChI is InChI=1S/C12H16N2O3/c1-13-6-10(15)12(17)8-3-2-7-5-11(16)14-9(7)4-8/h2-4,10,12-13,15,17H,5-6H2,1H3,(H,14,16). The minimum Gasteiger partial charge on any atom is -0.389 e. The molecule has 0 fully saturated rings. The highest BCUT2D eigenvalue weighted by molar-refractivity contribution is 5.99. The monoisotopic (exact) mass is 236 g/mol. The van der Waals surface area contributed by atoms with E-state index in [-0.39, 0.29) is 5.91 Å². The third-order valence-electron chi connectivity index (χ3n) is 2.88. The van der Waals surface area contributed by atoms with Gasteiger partial charge in [-0.25, -0.2) is 0 Å². The largest absolute Gasteiger partial charge is 0.389 e. The first-order chi connectivity index (χ1) is 8.11. The highest BCUT2D eigenvalue weighted by Crippen LogP contribution is 2.27. The van der Waals surface area contributed by atoms with E-state index in [4.69, 9.17) is 0 Å². The van der Waals surface area contributed by atoms with Gasteiger partial charge in [-0.1, -0.05) is 12.1 Å². The van der Waals surface area contributed by atoms with Gasteiger partial charge in [-0.15, -0.1) is 0 Å². The van der Waals surface area contributed by atoms with Crippen LogP contribution >= 0.6 is 0 Å². The summed E-state index contributed by atoms with van der Waals surface area (Å²) >= 11 is 0. The van der Waals surface area contributed by atoms with E-state index >= 15 is 0 Å². The fourth-order valence-corrected chi connectivity index (χ4v) is 1.96. The molecule has 0 aromatic heterocycles. The highest BCUT2D eigenvalue weighted by Gasteiger charge is 2.22. The molecule has 0 bridgehead atoms. The van der Waals surface area contributed by atoms with E-state index in [1.807, 2.05) is 0 Å². The van der Waals surface area contributed by atoms with Crippen LogP contribution in [-0.4, -0.2) is 35.8 Å². The maximum absolute atomic E-state index is 11.2. The summed E-state index contributed by atoms with van der Waals surface area (Å²) in [6, 6.07) is 5.25. The molecular weight excluding hydrogens is 220 g/mol. The average Bonchev–Trinajstić information content (AvgIpc) is 2.67. The van der Waals surface area contributed by atoms with E-state index in [2.05, 4.69) is 10.6 Å². The maximum Gasteiger partial charge on any atom is 0.228 e. The van der Waals surface area contributed by atoms with Gasteiger partial charge in [0.05, 0.1) is 12.5 Å². The molecule has 0 radical (unpaired) electrons. The number of hydrogen-bond donors (Lipinski definition) is 4. The van der Waals surface area contributed by atoms with Crippen LogP contribution in [0, 0.1) is 0 Å². The van der Waals surface area contributed by atoms with Crippen molar-refractivity contribution in [3.05, 3.63) is 29.3 Å². The Labute approximate surface area is 99.5 Å². The van der Waals surface area contributed by atoms with Gasteiger partial charge in [0.15, 0.2) is 0 Å². The summed E-state index contributed by atoms with van der Waals surface area (Å²) in [6.07, 6.45) is -1.44. The van der Waals surface area contributed by atoms with Crippen LogP contribution in [0.1, 0.15) is 17.2 Å². The molecule has 0 saturated heterocycles. The number of aliphatic hydroxyl groups excluding tert-OH is 2. The van der Waals surface area contributed by atoms with E-state index in [1.54, 1.807) is 25.2 Å². The number of rotatable bonds is 4. The third-order valence-corrected chi connectivity index (χ3v) is 2.88. The van der Waals surface area contributed by atoms with Crippen molar-refractivity contribution in [1.29, 1.82) is 0 Å². The van der Waals surface area contributed by atoms with Crippen molar-refractivity contribution >= 4 is 11.6 Å². The SMILES string of the molecule is CNCC(O)C(O)c1ccc2c(c1)NC(=O)C2. The lowest BCUT2D eigenvalue weighted by Crippen LogP contribution is -2.29. The number of anilines is 1. The van der Waals surface area contributed by atoms with Crippen molar-refractivity contribution in [3.8, 4) is 0 Å². The fourth-order valence-electron chi connectivity index (χ4n) is 1.96. The Balaban J connectivity index is 2.18. The molecule has 0 spiro atoms. The van der Waals surface area contributed by atoms with E-state index in [0.29, 0.717) is 18.5 Å². The third kappa shape index (κ3) is 2.46. The van der Waals surface area contributed by atoms with Crippen LogP contribution < -0.4 is 10.6 Å². The zero-order chi connectivity index (χ0) is 12.4. The summed E-state index contributed by atoms with van der Waals surface area (Å²) in [5.41, 5.74) is 2.26. The Morgan fingerprint density at radius 2 is 2.24 bits per heavy atom. The molecule has 92 valence electrons. The smallest absolute Gasteiger partial charge is 0.228 e. The number of amides is 1. The first-order valence-corrected chi connectivity index (χ1v) is 5.55. The molecule has 1 amide bonds. The van der Waals surface area contributed by atoms with Crippen LogP contribution in [0.15, 0.2) is 18.2 Å². The van der Waals surface area contributed by atoms with Gasteiger partial charge in [-0.05, 0) is 24.2 Å². The minimum atomic E-state index is -0.953. The van der Waals surface area contributed by atoms with Crippen LogP contribution in [0.25, 0.3) is 0 Å². The van der Waals surface area contributed by atoms with Crippen LogP contribution in [-0.2, 0) is 11.2 Å². The van der Waals surface area contributed by atoms with Gasteiger partial charge in [0.2, 0.25) is 5.91 Å². The van der Waals surface area contributed by atoms with Gasteiger partial charge < -0.3 is 20.8 Å². The molecular formula is C12H16N2O3. The molecule has 17 heavy (non-hydrogen) atoms. The van der Waals surface area contributed by atoms with Crippen molar-refractivity contribution in [2.24, 2.45) is 0 Å². The lowest BCUT2D eigenvalue weighted by atomic mass is 10.0. The number of aliphatic hydroxyl groups is 2. The molecule has 1 aliphatic rings. The minimum absolute atomic E-state index is 0.0394. The molecule has 0 saturated carbocycles. The Hall–Kier alpha value is -1.43. The first kappa shape index (κ1) is 12.0. The number of hydrogen-bond acceptors (Lipinski definition) is 4. The molecule has 1 aromatic rings. The zero-order valence-electron chi connectivity index (χ0n) is 9.60. The molecule has 5 heteroatoms. The van der Waals surface area contributed by atoms with E-state index in [0.717, 1.165) is 11.3 Å². The summed E-state index contributed by atoms with van der Waals surface area (Å²) in [7, 11) is 1.71. The van der Waals surface area contributed by atoms with Gasteiger partial charge >= 0.3 is 0 Å². The molecule has 1 aliphatic heterocycles. The topological polar surface area (TPSA) is 81.6 Å². The fraction of sp³-hybridized carbons (Fsp3) is 0.417. The number of benzene rings is 1. The number of nitrogens with one attached hydrogen (secondary N) is 2. The van der Waals surface area contributed by atoms with Gasteiger partial charge in [0.25, 0.3) is 0 Å². The van der Waals surface area contributed by atoms with Crippen molar-refractivity contribution < 1.29 is 15.0 Å². The summed E-state index contributed by atoms with van der Waals surface area (Å²) in [4.78, 5) is 11.2. The number of likely N-dealkylation sites (N-methyl/N-ethyl adjacent to an activating group) is 1. The second-order valence-electron chi connectivity index (χ2n) is 4.21. The summed E-state index contributed by atoms with van der Waals surface area (Å²) in [5, 5.41) is 25.1. The van der Waals surface area contributed by atoms with E-state index in [9.17, 15) is 15.0 Å². The quantitative estimate of drug-likeness (QED) is 0.583. The van der Waals surface area contributed by atoms with E-state index in [1.165, 1.54) is 0 Å². The second kappa shape index (κ2) is 4.83. The molecule has 1 heterocycles. The predicted octanol–water partition coefficient (Wildman–Crippen LogP) is -0.205. The number of carbonyl (C=O) groups is 1. The van der Waals surface area contributed by atoms with E-state index < -0.39 is 12.2 Å². The Morgan fingerprint density at radius 3 is 2.94 bits per heavy atom. The Kier molecular flexibility index (Phi) is 3.42.